The van der Waals surface area contributed by atoms with Crippen LogP contribution in [0, 0.1) is 6.92 Å². The molecule has 0 fully saturated rings. The Hall–Kier alpha value is -1.40. The summed E-state index contributed by atoms with van der Waals surface area (Å²) < 4.78 is 0. The normalized spacial score (nSPS) is 11.3. The molecular weight excluding hydrogens is 284 g/mol. The van der Waals surface area contributed by atoms with Crippen molar-refractivity contribution < 1.29 is 5.11 Å². The fourth-order valence-corrected chi connectivity index (χ4v) is 3.53. The maximum absolute atomic E-state index is 9.44. The Morgan fingerprint density at radius 1 is 1.33 bits per heavy atom. The summed E-state index contributed by atoms with van der Waals surface area (Å²) >= 11 is 1.68. The average Bonchev–Trinajstić information content (AvgIpc) is 2.86. The quantitative estimate of drug-likeness (QED) is 0.823. The smallest absolute Gasteiger partial charge is 0.225 e. The predicted molar refractivity (Wildman–Crippen MR) is 90.5 cm³/mol. The Labute approximate surface area is 130 Å². The lowest BCUT2D eigenvalue weighted by atomic mass is 10.1. The minimum absolute atomic E-state index is 0.125. The monoisotopic (exact) mass is 308 g/mol. The van der Waals surface area contributed by atoms with Gasteiger partial charge in [0.25, 0.3) is 0 Å². The first-order valence-electron chi connectivity index (χ1n) is 7.47. The van der Waals surface area contributed by atoms with Gasteiger partial charge in [0.2, 0.25) is 5.95 Å². The summed E-state index contributed by atoms with van der Waals surface area (Å²) in [6.45, 7) is 7.16. The van der Waals surface area contributed by atoms with E-state index in [1.807, 2.05) is 7.05 Å². The minimum Gasteiger partial charge on any atom is -0.395 e. The number of rotatable bonds is 7. The van der Waals surface area contributed by atoms with E-state index in [0.29, 0.717) is 18.5 Å². The molecule has 116 valence electrons. The van der Waals surface area contributed by atoms with Gasteiger partial charge in [-0.25, -0.2) is 4.98 Å². The maximum Gasteiger partial charge on any atom is 0.225 e. The second-order valence-electron chi connectivity index (χ2n) is 5.08. The van der Waals surface area contributed by atoms with E-state index in [1.165, 1.54) is 4.88 Å². The molecule has 0 aliphatic rings. The number of nitrogens with zero attached hydrogens (tertiary/aromatic N) is 3. The SMILES string of the molecule is CCC(CC)N(CCO)c1nc(NC)nc2sc(C)cc12. The second-order valence-corrected chi connectivity index (χ2v) is 6.32. The highest BCUT2D eigenvalue weighted by atomic mass is 32.1. The molecule has 6 heteroatoms. The first-order chi connectivity index (χ1) is 10.1. The van der Waals surface area contributed by atoms with Gasteiger partial charge in [0.1, 0.15) is 10.6 Å². The van der Waals surface area contributed by atoms with Crippen molar-refractivity contribution in [2.24, 2.45) is 0 Å². The molecule has 0 amide bonds. The number of nitrogens with one attached hydrogen (secondary N) is 1. The highest BCUT2D eigenvalue weighted by Gasteiger charge is 2.21. The zero-order valence-corrected chi connectivity index (χ0v) is 14.0. The number of aromatic nitrogens is 2. The summed E-state index contributed by atoms with van der Waals surface area (Å²) in [5.74, 6) is 1.56. The van der Waals surface area contributed by atoms with Gasteiger partial charge < -0.3 is 15.3 Å². The van der Waals surface area contributed by atoms with E-state index in [4.69, 9.17) is 0 Å². The molecule has 2 rings (SSSR count). The average molecular weight is 308 g/mol. The molecule has 0 bridgehead atoms. The lowest BCUT2D eigenvalue weighted by molar-refractivity contribution is 0.295. The van der Waals surface area contributed by atoms with Gasteiger partial charge in [0.15, 0.2) is 0 Å². The summed E-state index contributed by atoms with van der Waals surface area (Å²) in [5.41, 5.74) is 0. The molecule has 2 N–H and O–H groups in total. The third kappa shape index (κ3) is 3.27. The van der Waals surface area contributed by atoms with Crippen molar-refractivity contribution >= 4 is 33.3 Å². The van der Waals surface area contributed by atoms with Crippen molar-refractivity contribution in [3.8, 4) is 0 Å². The topological polar surface area (TPSA) is 61.3 Å². The van der Waals surface area contributed by atoms with Gasteiger partial charge in [0.05, 0.1) is 12.0 Å². The van der Waals surface area contributed by atoms with E-state index in [0.717, 1.165) is 28.9 Å². The van der Waals surface area contributed by atoms with Crippen LogP contribution in [-0.2, 0) is 0 Å². The molecule has 2 aromatic rings. The number of hydrogen-bond donors (Lipinski definition) is 2. The molecule has 2 heterocycles. The van der Waals surface area contributed by atoms with Gasteiger partial charge in [-0.1, -0.05) is 13.8 Å². The molecule has 0 saturated heterocycles. The molecule has 0 saturated carbocycles. The van der Waals surface area contributed by atoms with Crippen molar-refractivity contribution in [3.05, 3.63) is 10.9 Å². The van der Waals surface area contributed by atoms with Crippen LogP contribution in [0.5, 0.6) is 0 Å². The Bertz CT molecular complexity index is 595. The third-order valence-electron chi connectivity index (χ3n) is 3.72. The summed E-state index contributed by atoms with van der Waals surface area (Å²) in [4.78, 5) is 13.6. The predicted octanol–water partition coefficient (Wildman–Crippen LogP) is 3.03. The van der Waals surface area contributed by atoms with Gasteiger partial charge in [-0.2, -0.15) is 4.98 Å². The molecule has 0 aliphatic carbocycles. The Kier molecular flexibility index (Phi) is 5.36. The summed E-state index contributed by atoms with van der Waals surface area (Å²) in [5, 5.41) is 13.6. The van der Waals surface area contributed by atoms with Gasteiger partial charge >= 0.3 is 0 Å². The molecule has 0 aliphatic heterocycles. The first-order valence-corrected chi connectivity index (χ1v) is 8.29. The number of aliphatic hydroxyl groups is 1. The highest BCUT2D eigenvalue weighted by Crippen LogP contribution is 2.33. The lowest BCUT2D eigenvalue weighted by Gasteiger charge is -2.31. The zero-order valence-electron chi connectivity index (χ0n) is 13.2. The highest BCUT2D eigenvalue weighted by molar-refractivity contribution is 7.18. The van der Waals surface area contributed by atoms with Crippen LogP contribution in [0.25, 0.3) is 10.2 Å². The van der Waals surface area contributed by atoms with Crippen molar-refractivity contribution in [1.82, 2.24) is 9.97 Å². The van der Waals surface area contributed by atoms with Gasteiger partial charge in [0, 0.05) is 24.5 Å². The van der Waals surface area contributed by atoms with E-state index in [-0.39, 0.29) is 6.61 Å². The molecule has 0 aromatic carbocycles. The van der Waals surface area contributed by atoms with Crippen LogP contribution in [0.3, 0.4) is 0 Å². The largest absolute Gasteiger partial charge is 0.395 e. The van der Waals surface area contributed by atoms with E-state index < -0.39 is 0 Å². The number of aryl methyl sites for hydroxylation is 1. The van der Waals surface area contributed by atoms with Crippen molar-refractivity contribution in [3.63, 3.8) is 0 Å². The van der Waals surface area contributed by atoms with E-state index >= 15 is 0 Å². The number of aliphatic hydroxyl groups excluding tert-OH is 1. The summed E-state index contributed by atoms with van der Waals surface area (Å²) in [6, 6.07) is 2.52. The Morgan fingerprint density at radius 3 is 2.62 bits per heavy atom. The van der Waals surface area contributed by atoms with Crippen LogP contribution in [-0.4, -0.2) is 41.3 Å². The Balaban J connectivity index is 2.59. The number of anilines is 2. The van der Waals surface area contributed by atoms with Crippen LogP contribution in [0.4, 0.5) is 11.8 Å². The van der Waals surface area contributed by atoms with Gasteiger partial charge in [-0.3, -0.25) is 0 Å². The number of thiophene rings is 1. The van der Waals surface area contributed by atoms with E-state index in [2.05, 4.69) is 47.0 Å². The fraction of sp³-hybridized carbons (Fsp3) is 0.600. The van der Waals surface area contributed by atoms with Crippen LogP contribution >= 0.6 is 11.3 Å². The third-order valence-corrected chi connectivity index (χ3v) is 4.66. The van der Waals surface area contributed by atoms with Crippen molar-refractivity contribution in [2.75, 3.05) is 30.4 Å². The fourth-order valence-electron chi connectivity index (χ4n) is 2.66. The molecule has 0 spiro atoms. The standard InChI is InChI=1S/C15H24N4OS/c1-5-11(6-2)19(7-8-20)13-12-9-10(3)21-14(12)18-15(16-4)17-13/h9,11,20H,5-8H2,1-4H3,(H,16,17,18). The van der Waals surface area contributed by atoms with Gasteiger partial charge in [-0.05, 0) is 25.8 Å². The molecule has 21 heavy (non-hydrogen) atoms. The molecule has 5 nitrogen and oxygen atoms in total. The van der Waals surface area contributed by atoms with Crippen LogP contribution in [0.1, 0.15) is 31.6 Å². The first kappa shape index (κ1) is 16.0. The summed E-state index contributed by atoms with van der Waals surface area (Å²) in [6.07, 6.45) is 2.06. The molecular formula is C15H24N4OS. The molecule has 0 atom stereocenters. The molecule has 0 radical (unpaired) electrons. The Morgan fingerprint density at radius 2 is 2.05 bits per heavy atom. The minimum atomic E-state index is 0.125. The summed E-state index contributed by atoms with van der Waals surface area (Å²) in [7, 11) is 1.83. The van der Waals surface area contributed by atoms with Crippen molar-refractivity contribution in [2.45, 2.75) is 39.7 Å². The number of hydrogen-bond acceptors (Lipinski definition) is 6. The van der Waals surface area contributed by atoms with E-state index in [9.17, 15) is 5.11 Å². The number of fused-ring (bicyclic) bond motifs is 1. The van der Waals surface area contributed by atoms with E-state index in [1.54, 1.807) is 11.3 Å². The van der Waals surface area contributed by atoms with Crippen LogP contribution < -0.4 is 10.2 Å². The second kappa shape index (κ2) is 7.04. The maximum atomic E-state index is 9.44. The zero-order chi connectivity index (χ0) is 15.4. The molecule has 0 unspecified atom stereocenters. The van der Waals surface area contributed by atoms with Crippen LogP contribution in [0.2, 0.25) is 0 Å². The van der Waals surface area contributed by atoms with Crippen LogP contribution in [0.15, 0.2) is 6.07 Å². The van der Waals surface area contributed by atoms with Gasteiger partial charge in [-0.15, -0.1) is 11.3 Å². The molecule has 2 aromatic heterocycles. The lowest BCUT2D eigenvalue weighted by Crippen LogP contribution is -2.37. The van der Waals surface area contributed by atoms with Crippen molar-refractivity contribution in [1.29, 1.82) is 0 Å².